The molecule has 4 rings (SSSR count). The zero-order valence-corrected chi connectivity index (χ0v) is 15.9. The minimum absolute atomic E-state index is 0.00797. The SMILES string of the molecule is O=C1N/C(=C\c2c[nH]c3c(OCF)c(Cl)ccc23)C(=O)N1Cc1ccc(F)c(F)c1. The molecule has 0 aliphatic carbocycles. The Balaban J connectivity index is 1.63. The van der Waals surface area contributed by atoms with Gasteiger partial charge in [0.15, 0.2) is 17.4 Å². The number of ether oxygens (including phenoxy) is 1. The predicted octanol–water partition coefficient (Wildman–Crippen LogP) is 4.50. The summed E-state index contributed by atoms with van der Waals surface area (Å²) in [6.45, 7) is -1.29. The smallest absolute Gasteiger partial charge is 0.329 e. The van der Waals surface area contributed by atoms with Gasteiger partial charge in [0.05, 0.1) is 17.1 Å². The van der Waals surface area contributed by atoms with Crippen LogP contribution in [-0.4, -0.2) is 28.7 Å². The first-order valence-corrected chi connectivity index (χ1v) is 9.03. The van der Waals surface area contributed by atoms with Gasteiger partial charge in [-0.15, -0.1) is 0 Å². The summed E-state index contributed by atoms with van der Waals surface area (Å²) in [6.07, 6.45) is 2.99. The van der Waals surface area contributed by atoms with Crippen molar-refractivity contribution >= 4 is 40.5 Å². The Hall–Kier alpha value is -3.46. The molecule has 0 radical (unpaired) electrons. The van der Waals surface area contributed by atoms with Gasteiger partial charge in [0, 0.05) is 17.1 Å². The molecule has 30 heavy (non-hydrogen) atoms. The highest BCUT2D eigenvalue weighted by atomic mass is 35.5. The second kappa shape index (κ2) is 7.75. The van der Waals surface area contributed by atoms with Gasteiger partial charge < -0.3 is 15.0 Å². The van der Waals surface area contributed by atoms with E-state index in [0.29, 0.717) is 16.5 Å². The highest BCUT2D eigenvalue weighted by molar-refractivity contribution is 6.33. The van der Waals surface area contributed by atoms with Crippen LogP contribution in [0.1, 0.15) is 11.1 Å². The number of hydrogen-bond donors (Lipinski definition) is 2. The van der Waals surface area contributed by atoms with E-state index in [-0.39, 0.29) is 28.6 Å². The van der Waals surface area contributed by atoms with E-state index in [1.165, 1.54) is 18.2 Å². The number of carbonyl (C=O) groups excluding carboxylic acids is 2. The van der Waals surface area contributed by atoms with Crippen molar-refractivity contribution in [2.75, 3.05) is 6.86 Å². The molecule has 3 aromatic rings. The third-order valence-corrected chi connectivity index (χ3v) is 4.88. The van der Waals surface area contributed by atoms with Crippen molar-refractivity contribution < 1.29 is 27.5 Å². The van der Waals surface area contributed by atoms with Gasteiger partial charge in [0.1, 0.15) is 5.70 Å². The Kier molecular flexibility index (Phi) is 5.13. The standard InChI is InChI=1S/C20H13ClF3N3O3/c21-13-3-2-12-11(7-25-17(12)18(13)30-9-22)6-16-19(28)27(20(29)26-16)8-10-1-4-14(23)15(24)5-10/h1-7,25H,8-9H2,(H,26,29)/b16-6-. The Labute approximate surface area is 172 Å². The summed E-state index contributed by atoms with van der Waals surface area (Å²) >= 11 is 6.03. The number of imide groups is 1. The molecule has 2 heterocycles. The van der Waals surface area contributed by atoms with Crippen LogP contribution in [0.2, 0.25) is 5.02 Å². The van der Waals surface area contributed by atoms with Crippen molar-refractivity contribution in [3.8, 4) is 5.75 Å². The molecule has 0 saturated carbocycles. The maximum Gasteiger partial charge on any atom is 0.329 e. The number of nitrogens with zero attached hydrogens (tertiary/aromatic N) is 1. The number of nitrogens with one attached hydrogen (secondary N) is 2. The highest BCUT2D eigenvalue weighted by Crippen LogP contribution is 2.35. The Morgan fingerprint density at radius 1 is 1.13 bits per heavy atom. The van der Waals surface area contributed by atoms with E-state index in [4.69, 9.17) is 16.3 Å². The van der Waals surface area contributed by atoms with Crippen LogP contribution in [0.25, 0.3) is 17.0 Å². The number of alkyl halides is 1. The second-order valence-electron chi connectivity index (χ2n) is 6.42. The maximum absolute atomic E-state index is 13.4. The summed E-state index contributed by atoms with van der Waals surface area (Å²) in [7, 11) is 0. The third kappa shape index (κ3) is 3.48. The topological polar surface area (TPSA) is 74.4 Å². The third-order valence-electron chi connectivity index (χ3n) is 4.58. The molecule has 10 heteroatoms. The first-order chi connectivity index (χ1) is 14.4. The van der Waals surface area contributed by atoms with Crippen LogP contribution in [0.3, 0.4) is 0 Å². The van der Waals surface area contributed by atoms with E-state index in [1.807, 2.05) is 0 Å². The first-order valence-electron chi connectivity index (χ1n) is 8.66. The molecule has 6 nitrogen and oxygen atoms in total. The lowest BCUT2D eigenvalue weighted by molar-refractivity contribution is -0.123. The molecule has 2 aromatic carbocycles. The number of aromatic amines is 1. The Morgan fingerprint density at radius 2 is 1.93 bits per heavy atom. The average molecular weight is 436 g/mol. The van der Waals surface area contributed by atoms with Gasteiger partial charge in [0.2, 0.25) is 6.86 Å². The predicted molar refractivity (Wildman–Crippen MR) is 103 cm³/mol. The Morgan fingerprint density at radius 3 is 2.67 bits per heavy atom. The fraction of sp³-hybridized carbons (Fsp3) is 0.100. The number of amides is 3. The van der Waals surface area contributed by atoms with E-state index >= 15 is 0 Å². The number of H-pyrrole nitrogens is 1. The molecular formula is C20H13ClF3N3O3. The molecule has 0 spiro atoms. The molecule has 1 fully saturated rings. The molecule has 2 N–H and O–H groups in total. The minimum atomic E-state index is -1.07. The largest absolute Gasteiger partial charge is 0.459 e. The monoisotopic (exact) mass is 435 g/mol. The lowest BCUT2D eigenvalue weighted by Crippen LogP contribution is -2.30. The van der Waals surface area contributed by atoms with E-state index in [9.17, 15) is 22.8 Å². The maximum atomic E-state index is 13.4. The summed E-state index contributed by atoms with van der Waals surface area (Å²) in [5.41, 5.74) is 1.21. The Bertz CT molecular complexity index is 1210. The van der Waals surface area contributed by atoms with Crippen molar-refractivity contribution in [3.63, 3.8) is 0 Å². The number of rotatable bonds is 5. The van der Waals surface area contributed by atoms with Crippen LogP contribution in [-0.2, 0) is 11.3 Å². The number of urea groups is 1. The number of carbonyl (C=O) groups is 2. The zero-order chi connectivity index (χ0) is 21.4. The molecule has 0 atom stereocenters. The molecule has 154 valence electrons. The van der Waals surface area contributed by atoms with Crippen LogP contribution < -0.4 is 10.1 Å². The lowest BCUT2D eigenvalue weighted by atomic mass is 10.1. The molecule has 0 unspecified atom stereocenters. The van der Waals surface area contributed by atoms with Crippen molar-refractivity contribution in [1.29, 1.82) is 0 Å². The fourth-order valence-corrected chi connectivity index (χ4v) is 3.39. The first kappa shape index (κ1) is 19.8. The van der Waals surface area contributed by atoms with Gasteiger partial charge in [-0.05, 0) is 29.8 Å². The number of benzene rings is 2. The molecule has 1 saturated heterocycles. The molecule has 1 aromatic heterocycles. The van der Waals surface area contributed by atoms with Crippen LogP contribution in [0.4, 0.5) is 18.0 Å². The van der Waals surface area contributed by atoms with E-state index in [0.717, 1.165) is 17.0 Å². The number of aromatic nitrogens is 1. The molecule has 3 amide bonds. The molecule has 1 aliphatic rings. The van der Waals surface area contributed by atoms with Crippen molar-refractivity contribution in [2.24, 2.45) is 0 Å². The van der Waals surface area contributed by atoms with Crippen LogP contribution in [0, 0.1) is 11.6 Å². The number of halogens is 4. The summed E-state index contributed by atoms with van der Waals surface area (Å²) < 4.78 is 44.0. The van der Waals surface area contributed by atoms with Gasteiger partial charge >= 0.3 is 6.03 Å². The normalized spacial score (nSPS) is 15.3. The minimum Gasteiger partial charge on any atom is -0.459 e. The number of hydrogen-bond acceptors (Lipinski definition) is 3. The van der Waals surface area contributed by atoms with E-state index < -0.39 is 30.4 Å². The summed E-state index contributed by atoms with van der Waals surface area (Å²) in [5.74, 6) is -2.59. The fourth-order valence-electron chi connectivity index (χ4n) is 3.18. The average Bonchev–Trinajstić information content (AvgIpc) is 3.23. The zero-order valence-electron chi connectivity index (χ0n) is 15.1. The van der Waals surface area contributed by atoms with Crippen LogP contribution in [0.15, 0.2) is 42.2 Å². The van der Waals surface area contributed by atoms with Gasteiger partial charge in [-0.3, -0.25) is 9.69 Å². The quantitative estimate of drug-likeness (QED) is 0.458. The van der Waals surface area contributed by atoms with Crippen molar-refractivity contribution in [2.45, 2.75) is 6.54 Å². The van der Waals surface area contributed by atoms with Gasteiger partial charge in [-0.2, -0.15) is 0 Å². The molecule has 1 aliphatic heterocycles. The van der Waals surface area contributed by atoms with E-state index in [2.05, 4.69) is 10.3 Å². The van der Waals surface area contributed by atoms with Gasteiger partial charge in [0.25, 0.3) is 5.91 Å². The summed E-state index contributed by atoms with van der Waals surface area (Å²) in [6, 6.07) is 5.62. The van der Waals surface area contributed by atoms with Crippen LogP contribution >= 0.6 is 11.6 Å². The molecular weight excluding hydrogens is 423 g/mol. The van der Waals surface area contributed by atoms with Crippen molar-refractivity contribution in [1.82, 2.24) is 15.2 Å². The summed E-state index contributed by atoms with van der Waals surface area (Å²) in [4.78, 5) is 28.7. The lowest BCUT2D eigenvalue weighted by Gasteiger charge is -2.11. The van der Waals surface area contributed by atoms with Gasteiger partial charge in [-0.25, -0.2) is 18.0 Å². The van der Waals surface area contributed by atoms with Crippen molar-refractivity contribution in [3.05, 3.63) is 70.0 Å². The van der Waals surface area contributed by atoms with Crippen LogP contribution in [0.5, 0.6) is 5.75 Å². The van der Waals surface area contributed by atoms with E-state index in [1.54, 1.807) is 12.3 Å². The highest BCUT2D eigenvalue weighted by Gasteiger charge is 2.33. The molecule has 0 bridgehead atoms. The summed E-state index contributed by atoms with van der Waals surface area (Å²) in [5, 5.41) is 3.26. The number of fused-ring (bicyclic) bond motifs is 1. The van der Waals surface area contributed by atoms with Gasteiger partial charge in [-0.1, -0.05) is 23.7 Å². The second-order valence-corrected chi connectivity index (χ2v) is 6.83.